The summed E-state index contributed by atoms with van der Waals surface area (Å²) in [4.78, 5) is 2.09. The lowest BCUT2D eigenvalue weighted by Crippen LogP contribution is -2.36. The molecule has 2 nitrogen and oxygen atoms in total. The monoisotopic (exact) mass is 243 g/mol. The average molecular weight is 243 g/mol. The summed E-state index contributed by atoms with van der Waals surface area (Å²) in [5.41, 5.74) is 0. The fourth-order valence-corrected chi connectivity index (χ4v) is 2.19. The molecule has 1 saturated heterocycles. The van der Waals surface area contributed by atoms with Gasteiger partial charge in [0.2, 0.25) is 0 Å². The number of likely N-dealkylation sites (tertiary alicyclic amines) is 1. The SMILES string of the molecule is CCCCCC/C=C(\F)CN1CCC(O)CC1. The Balaban J connectivity index is 2.10. The van der Waals surface area contributed by atoms with Crippen molar-refractivity contribution in [3.05, 3.63) is 11.9 Å². The maximum atomic E-state index is 13.6. The van der Waals surface area contributed by atoms with Crippen LogP contribution in [0.1, 0.15) is 51.9 Å². The molecule has 0 aliphatic carbocycles. The van der Waals surface area contributed by atoms with Crippen molar-refractivity contribution >= 4 is 0 Å². The lowest BCUT2D eigenvalue weighted by Gasteiger charge is -2.28. The van der Waals surface area contributed by atoms with E-state index in [1.54, 1.807) is 6.08 Å². The van der Waals surface area contributed by atoms with Gasteiger partial charge >= 0.3 is 0 Å². The summed E-state index contributed by atoms with van der Waals surface area (Å²) in [5.74, 6) is -0.00196. The van der Waals surface area contributed by atoms with Crippen LogP contribution < -0.4 is 0 Å². The summed E-state index contributed by atoms with van der Waals surface area (Å²) in [5, 5.41) is 9.35. The highest BCUT2D eigenvalue weighted by Gasteiger charge is 2.17. The van der Waals surface area contributed by atoms with E-state index in [-0.39, 0.29) is 11.9 Å². The molecule has 3 heteroatoms. The number of unbranched alkanes of at least 4 members (excludes halogenated alkanes) is 4. The predicted molar refractivity (Wildman–Crippen MR) is 69.6 cm³/mol. The molecule has 100 valence electrons. The van der Waals surface area contributed by atoms with Gasteiger partial charge in [-0.05, 0) is 25.7 Å². The van der Waals surface area contributed by atoms with Gasteiger partial charge in [-0.25, -0.2) is 4.39 Å². The number of hydrogen-bond acceptors (Lipinski definition) is 2. The van der Waals surface area contributed by atoms with Gasteiger partial charge in [-0.15, -0.1) is 0 Å². The third-order valence-electron chi connectivity index (χ3n) is 3.36. The highest BCUT2D eigenvalue weighted by Crippen LogP contribution is 2.13. The number of piperidine rings is 1. The maximum Gasteiger partial charge on any atom is 0.110 e. The first kappa shape index (κ1) is 14.7. The number of halogens is 1. The number of allylic oxidation sites excluding steroid dienone is 1. The second-order valence-electron chi connectivity index (χ2n) is 5.01. The smallest absolute Gasteiger partial charge is 0.110 e. The Morgan fingerprint density at radius 2 is 2.00 bits per heavy atom. The zero-order chi connectivity index (χ0) is 12.5. The molecular formula is C14H26FNO. The van der Waals surface area contributed by atoms with E-state index in [0.717, 1.165) is 38.8 Å². The van der Waals surface area contributed by atoms with Crippen molar-refractivity contribution in [2.45, 2.75) is 58.0 Å². The van der Waals surface area contributed by atoms with Gasteiger partial charge in [-0.2, -0.15) is 0 Å². The van der Waals surface area contributed by atoms with Crippen molar-refractivity contribution in [3.8, 4) is 0 Å². The minimum atomic E-state index is -0.174. The third kappa shape index (κ3) is 6.79. The lowest BCUT2D eigenvalue weighted by molar-refractivity contribution is 0.0844. The Morgan fingerprint density at radius 1 is 1.29 bits per heavy atom. The first-order chi connectivity index (χ1) is 8.22. The molecule has 1 aliphatic rings. The molecule has 1 rings (SSSR count). The molecule has 1 N–H and O–H groups in total. The van der Waals surface area contributed by atoms with E-state index < -0.39 is 0 Å². The van der Waals surface area contributed by atoms with E-state index in [9.17, 15) is 9.50 Å². The zero-order valence-corrected chi connectivity index (χ0v) is 11.0. The predicted octanol–water partition coefficient (Wildman–Crippen LogP) is 3.27. The van der Waals surface area contributed by atoms with Crippen molar-refractivity contribution in [2.75, 3.05) is 19.6 Å². The first-order valence-electron chi connectivity index (χ1n) is 6.97. The fraction of sp³-hybridized carbons (Fsp3) is 0.857. The summed E-state index contributed by atoms with van der Waals surface area (Å²) < 4.78 is 13.6. The maximum absolute atomic E-state index is 13.6. The molecule has 0 spiro atoms. The Morgan fingerprint density at radius 3 is 2.65 bits per heavy atom. The van der Waals surface area contributed by atoms with E-state index >= 15 is 0 Å². The van der Waals surface area contributed by atoms with Gasteiger partial charge in [0, 0.05) is 19.6 Å². The van der Waals surface area contributed by atoms with Gasteiger partial charge in [0.1, 0.15) is 5.83 Å². The van der Waals surface area contributed by atoms with Gasteiger partial charge in [0.05, 0.1) is 6.10 Å². The number of aliphatic hydroxyl groups excluding tert-OH is 1. The Labute approximate surface area is 105 Å². The second-order valence-corrected chi connectivity index (χ2v) is 5.01. The number of rotatable bonds is 7. The quantitative estimate of drug-likeness (QED) is 0.694. The lowest BCUT2D eigenvalue weighted by atomic mass is 10.1. The molecule has 0 bridgehead atoms. The topological polar surface area (TPSA) is 23.5 Å². The normalized spacial score (nSPS) is 19.8. The molecule has 0 amide bonds. The van der Waals surface area contributed by atoms with Gasteiger partial charge in [-0.3, -0.25) is 4.90 Å². The van der Waals surface area contributed by atoms with Crippen LogP contribution in [0, 0.1) is 0 Å². The van der Waals surface area contributed by atoms with E-state index in [4.69, 9.17) is 0 Å². The summed E-state index contributed by atoms with van der Waals surface area (Å²) in [6, 6.07) is 0. The van der Waals surface area contributed by atoms with Crippen LogP contribution in [0.4, 0.5) is 4.39 Å². The van der Waals surface area contributed by atoms with Crippen molar-refractivity contribution in [1.29, 1.82) is 0 Å². The molecule has 1 aliphatic heterocycles. The van der Waals surface area contributed by atoms with Crippen molar-refractivity contribution in [3.63, 3.8) is 0 Å². The van der Waals surface area contributed by atoms with Crippen molar-refractivity contribution in [1.82, 2.24) is 4.90 Å². The summed E-state index contributed by atoms with van der Waals surface area (Å²) in [7, 11) is 0. The minimum absolute atomic E-state index is 0.00196. The third-order valence-corrected chi connectivity index (χ3v) is 3.36. The second kappa shape index (κ2) is 8.65. The van der Waals surface area contributed by atoms with Crippen LogP contribution in [-0.4, -0.2) is 35.7 Å². The summed E-state index contributed by atoms with van der Waals surface area (Å²) >= 11 is 0. The molecule has 17 heavy (non-hydrogen) atoms. The van der Waals surface area contributed by atoms with Crippen LogP contribution in [0.2, 0.25) is 0 Å². The molecule has 0 radical (unpaired) electrons. The van der Waals surface area contributed by atoms with E-state index in [1.807, 2.05) is 0 Å². The molecule has 0 saturated carbocycles. The van der Waals surface area contributed by atoms with Crippen LogP contribution in [-0.2, 0) is 0 Å². The molecule has 0 aromatic heterocycles. The first-order valence-corrected chi connectivity index (χ1v) is 6.97. The summed E-state index contributed by atoms with van der Waals surface area (Å²) in [6.07, 6.45) is 8.77. The molecule has 1 heterocycles. The van der Waals surface area contributed by atoms with E-state index in [0.29, 0.717) is 6.54 Å². The van der Waals surface area contributed by atoms with E-state index in [2.05, 4.69) is 11.8 Å². The molecule has 1 fully saturated rings. The Bertz CT molecular complexity index is 222. The largest absolute Gasteiger partial charge is 0.393 e. The minimum Gasteiger partial charge on any atom is -0.393 e. The van der Waals surface area contributed by atoms with Gasteiger partial charge in [0.25, 0.3) is 0 Å². The number of aliphatic hydroxyl groups is 1. The molecule has 0 aromatic carbocycles. The van der Waals surface area contributed by atoms with Crippen LogP contribution in [0.5, 0.6) is 0 Å². The zero-order valence-electron chi connectivity index (χ0n) is 11.0. The van der Waals surface area contributed by atoms with Crippen LogP contribution in [0.3, 0.4) is 0 Å². The standard InChI is InChI=1S/C14H26FNO/c1-2-3-4-5-6-7-13(15)12-16-10-8-14(17)9-11-16/h7,14,17H,2-6,8-12H2,1H3/b13-7-. The Kier molecular flexibility index (Phi) is 7.45. The molecule has 0 unspecified atom stereocenters. The van der Waals surface area contributed by atoms with Gasteiger partial charge in [-0.1, -0.05) is 32.3 Å². The molecule has 0 atom stereocenters. The van der Waals surface area contributed by atoms with Crippen molar-refractivity contribution < 1.29 is 9.50 Å². The Hall–Kier alpha value is -0.410. The van der Waals surface area contributed by atoms with Crippen LogP contribution in [0.25, 0.3) is 0 Å². The average Bonchev–Trinajstić information content (AvgIpc) is 2.32. The highest BCUT2D eigenvalue weighted by molar-refractivity contribution is 4.95. The fourth-order valence-electron chi connectivity index (χ4n) is 2.19. The molecule has 0 aromatic rings. The van der Waals surface area contributed by atoms with Crippen LogP contribution >= 0.6 is 0 Å². The summed E-state index contributed by atoms with van der Waals surface area (Å²) in [6.45, 7) is 4.25. The van der Waals surface area contributed by atoms with Crippen molar-refractivity contribution in [2.24, 2.45) is 0 Å². The highest BCUT2D eigenvalue weighted by atomic mass is 19.1. The van der Waals surface area contributed by atoms with E-state index in [1.165, 1.54) is 19.3 Å². The van der Waals surface area contributed by atoms with Gasteiger partial charge < -0.3 is 5.11 Å². The van der Waals surface area contributed by atoms with Gasteiger partial charge in [0.15, 0.2) is 0 Å². The molecular weight excluding hydrogens is 217 g/mol. The van der Waals surface area contributed by atoms with Crippen LogP contribution in [0.15, 0.2) is 11.9 Å². The number of nitrogens with zero attached hydrogens (tertiary/aromatic N) is 1. The number of hydrogen-bond donors (Lipinski definition) is 1.